The summed E-state index contributed by atoms with van der Waals surface area (Å²) in [4.78, 5) is 26.6. The van der Waals surface area contributed by atoms with Crippen molar-refractivity contribution in [2.24, 2.45) is 5.92 Å². The van der Waals surface area contributed by atoms with Crippen molar-refractivity contribution < 1.29 is 19.4 Å². The van der Waals surface area contributed by atoms with Gasteiger partial charge in [0.2, 0.25) is 5.91 Å². The number of aliphatic hydroxyl groups excluding tert-OH is 1. The summed E-state index contributed by atoms with van der Waals surface area (Å²) < 4.78 is 4.74. The number of methoxy groups -OCH3 is 1. The maximum absolute atomic E-state index is 12.5. The van der Waals surface area contributed by atoms with Crippen molar-refractivity contribution in [2.45, 2.75) is 19.8 Å². The van der Waals surface area contributed by atoms with Gasteiger partial charge in [0.15, 0.2) is 0 Å². The van der Waals surface area contributed by atoms with E-state index in [1.54, 1.807) is 18.2 Å². The Hall–Kier alpha value is -3.06. The van der Waals surface area contributed by atoms with E-state index in [-0.39, 0.29) is 19.1 Å². The minimum absolute atomic E-state index is 0.103. The SMILES string of the molecule is COC(=O)c1ccc(C)c(NC(=O)CNc2ccccc2N2CCC(CO)CC2)c1. The van der Waals surface area contributed by atoms with Crippen LogP contribution in [0.4, 0.5) is 17.1 Å². The van der Waals surface area contributed by atoms with Crippen molar-refractivity contribution in [2.75, 3.05) is 48.9 Å². The third kappa shape index (κ3) is 5.30. The van der Waals surface area contributed by atoms with Crippen LogP contribution >= 0.6 is 0 Å². The largest absolute Gasteiger partial charge is 0.465 e. The van der Waals surface area contributed by atoms with Crippen molar-refractivity contribution in [1.29, 1.82) is 0 Å². The maximum Gasteiger partial charge on any atom is 0.337 e. The Morgan fingerprint density at radius 2 is 1.87 bits per heavy atom. The van der Waals surface area contributed by atoms with Crippen LogP contribution in [-0.4, -0.2) is 50.3 Å². The van der Waals surface area contributed by atoms with Crippen LogP contribution in [0.2, 0.25) is 0 Å². The van der Waals surface area contributed by atoms with E-state index in [0.29, 0.717) is 17.2 Å². The monoisotopic (exact) mass is 411 g/mol. The summed E-state index contributed by atoms with van der Waals surface area (Å²) in [6.45, 7) is 3.98. The van der Waals surface area contributed by atoms with E-state index >= 15 is 0 Å². The molecule has 0 radical (unpaired) electrons. The first-order valence-corrected chi connectivity index (χ1v) is 10.2. The fourth-order valence-electron chi connectivity index (χ4n) is 3.63. The maximum atomic E-state index is 12.5. The molecule has 3 rings (SSSR count). The molecule has 1 heterocycles. The number of benzene rings is 2. The molecule has 0 atom stereocenters. The van der Waals surface area contributed by atoms with E-state index in [2.05, 4.69) is 15.5 Å². The van der Waals surface area contributed by atoms with Gasteiger partial charge in [-0.25, -0.2) is 4.79 Å². The molecule has 0 unspecified atom stereocenters. The fourth-order valence-corrected chi connectivity index (χ4v) is 3.63. The first kappa shape index (κ1) is 21.6. The summed E-state index contributed by atoms with van der Waals surface area (Å²) in [5.41, 5.74) is 3.80. The summed E-state index contributed by atoms with van der Waals surface area (Å²) in [6, 6.07) is 13.0. The third-order valence-corrected chi connectivity index (χ3v) is 5.49. The van der Waals surface area contributed by atoms with Crippen LogP contribution in [-0.2, 0) is 9.53 Å². The molecule has 2 aromatic rings. The zero-order chi connectivity index (χ0) is 21.5. The quantitative estimate of drug-likeness (QED) is 0.607. The first-order valence-electron chi connectivity index (χ1n) is 10.2. The number of hydrogen-bond acceptors (Lipinski definition) is 6. The lowest BCUT2D eigenvalue weighted by Gasteiger charge is -2.34. The lowest BCUT2D eigenvalue weighted by molar-refractivity contribution is -0.114. The predicted molar refractivity (Wildman–Crippen MR) is 118 cm³/mol. The van der Waals surface area contributed by atoms with Crippen molar-refractivity contribution in [3.8, 4) is 0 Å². The molecule has 0 spiro atoms. The molecule has 7 heteroatoms. The topological polar surface area (TPSA) is 90.9 Å². The zero-order valence-corrected chi connectivity index (χ0v) is 17.5. The van der Waals surface area contributed by atoms with Gasteiger partial charge in [-0.2, -0.15) is 0 Å². The highest BCUT2D eigenvalue weighted by Crippen LogP contribution is 2.29. The van der Waals surface area contributed by atoms with Crippen molar-refractivity contribution >= 4 is 28.9 Å². The summed E-state index contributed by atoms with van der Waals surface area (Å²) >= 11 is 0. The lowest BCUT2D eigenvalue weighted by Crippen LogP contribution is -2.35. The van der Waals surface area contributed by atoms with Crippen LogP contribution in [0.1, 0.15) is 28.8 Å². The lowest BCUT2D eigenvalue weighted by atomic mass is 9.97. The highest BCUT2D eigenvalue weighted by molar-refractivity contribution is 5.97. The van der Waals surface area contributed by atoms with Crippen LogP contribution in [0.15, 0.2) is 42.5 Å². The molecule has 3 N–H and O–H groups in total. The number of carbonyl (C=O) groups is 2. The molecule has 0 aromatic heterocycles. The molecular weight excluding hydrogens is 382 g/mol. The van der Waals surface area contributed by atoms with Gasteiger partial charge in [-0.05, 0) is 55.5 Å². The average Bonchev–Trinajstić information content (AvgIpc) is 2.79. The van der Waals surface area contributed by atoms with E-state index in [1.807, 2.05) is 31.2 Å². The van der Waals surface area contributed by atoms with E-state index in [9.17, 15) is 14.7 Å². The smallest absolute Gasteiger partial charge is 0.337 e. The van der Waals surface area contributed by atoms with Crippen molar-refractivity contribution in [1.82, 2.24) is 0 Å². The third-order valence-electron chi connectivity index (χ3n) is 5.49. The molecule has 1 fully saturated rings. The average molecular weight is 412 g/mol. The van der Waals surface area contributed by atoms with E-state index < -0.39 is 5.97 Å². The number of hydrogen-bond donors (Lipinski definition) is 3. The number of carbonyl (C=O) groups excluding carboxylic acids is 2. The molecular formula is C23H29N3O4. The number of aliphatic hydroxyl groups is 1. The molecule has 1 saturated heterocycles. The fraction of sp³-hybridized carbons (Fsp3) is 0.391. The Morgan fingerprint density at radius 1 is 1.13 bits per heavy atom. The number of rotatable bonds is 7. The second-order valence-corrected chi connectivity index (χ2v) is 7.55. The van der Waals surface area contributed by atoms with Gasteiger partial charge in [0.25, 0.3) is 0 Å². The van der Waals surface area contributed by atoms with Crippen LogP contribution in [0.25, 0.3) is 0 Å². The van der Waals surface area contributed by atoms with Gasteiger partial charge >= 0.3 is 5.97 Å². The molecule has 1 amide bonds. The number of piperidine rings is 1. The summed E-state index contributed by atoms with van der Waals surface area (Å²) in [7, 11) is 1.33. The number of amides is 1. The van der Waals surface area contributed by atoms with Gasteiger partial charge in [0.05, 0.1) is 30.6 Å². The highest BCUT2D eigenvalue weighted by atomic mass is 16.5. The van der Waals surface area contributed by atoms with Gasteiger partial charge < -0.3 is 25.4 Å². The molecule has 1 aliphatic heterocycles. The Labute approximate surface area is 177 Å². The standard InChI is InChI=1S/C23H29N3O4/c1-16-7-8-18(23(29)30-2)13-20(16)25-22(28)14-24-19-5-3-4-6-21(19)26-11-9-17(15-27)10-12-26/h3-8,13,17,24,27H,9-12,14-15H2,1-2H3,(H,25,28). The van der Waals surface area contributed by atoms with Gasteiger partial charge in [-0.1, -0.05) is 18.2 Å². The van der Waals surface area contributed by atoms with Gasteiger partial charge in [0.1, 0.15) is 0 Å². The summed E-state index contributed by atoms with van der Waals surface area (Å²) in [5, 5.41) is 15.4. The molecule has 7 nitrogen and oxygen atoms in total. The molecule has 160 valence electrons. The highest BCUT2D eigenvalue weighted by Gasteiger charge is 2.20. The second kappa shape index (κ2) is 10.1. The van der Waals surface area contributed by atoms with E-state index in [1.165, 1.54) is 7.11 Å². The summed E-state index contributed by atoms with van der Waals surface area (Å²) in [5.74, 6) is -0.271. The van der Waals surface area contributed by atoms with Gasteiger partial charge in [0, 0.05) is 25.4 Å². The Kier molecular flexibility index (Phi) is 7.30. The number of para-hydroxylation sites is 2. The second-order valence-electron chi connectivity index (χ2n) is 7.55. The van der Waals surface area contributed by atoms with E-state index in [4.69, 9.17) is 4.74 Å². The van der Waals surface area contributed by atoms with Gasteiger partial charge in [-0.15, -0.1) is 0 Å². The molecule has 1 aliphatic rings. The normalized spacial score (nSPS) is 14.3. The molecule has 0 saturated carbocycles. The van der Waals surface area contributed by atoms with Gasteiger partial charge in [-0.3, -0.25) is 4.79 Å². The predicted octanol–water partition coefficient (Wildman–Crippen LogP) is 3.04. The van der Waals surface area contributed by atoms with Crippen molar-refractivity contribution in [3.05, 3.63) is 53.6 Å². The molecule has 0 bridgehead atoms. The van der Waals surface area contributed by atoms with Crippen LogP contribution in [0, 0.1) is 12.8 Å². The molecule has 0 aliphatic carbocycles. The number of nitrogens with one attached hydrogen (secondary N) is 2. The Bertz CT molecular complexity index is 892. The minimum Gasteiger partial charge on any atom is -0.465 e. The van der Waals surface area contributed by atoms with Crippen LogP contribution in [0.5, 0.6) is 0 Å². The Morgan fingerprint density at radius 3 is 2.57 bits per heavy atom. The van der Waals surface area contributed by atoms with E-state index in [0.717, 1.165) is 42.9 Å². The number of esters is 1. The van der Waals surface area contributed by atoms with Crippen molar-refractivity contribution in [3.63, 3.8) is 0 Å². The Balaban J connectivity index is 1.63. The number of ether oxygens (including phenoxy) is 1. The number of anilines is 3. The number of nitrogens with zero attached hydrogens (tertiary/aromatic N) is 1. The first-order chi connectivity index (χ1) is 14.5. The molecule has 2 aromatic carbocycles. The zero-order valence-electron chi connectivity index (χ0n) is 17.5. The van der Waals surface area contributed by atoms with Crippen LogP contribution in [0.3, 0.4) is 0 Å². The van der Waals surface area contributed by atoms with Crippen LogP contribution < -0.4 is 15.5 Å². The summed E-state index contributed by atoms with van der Waals surface area (Å²) in [6.07, 6.45) is 1.92. The molecule has 30 heavy (non-hydrogen) atoms. The minimum atomic E-state index is -0.442. The number of aryl methyl sites for hydroxylation is 1.